The first-order chi connectivity index (χ1) is 15.1. The molecular weight excluding hydrogens is 392 g/mol. The van der Waals surface area contributed by atoms with Crippen LogP contribution in [0.1, 0.15) is 44.1 Å². The fraction of sp³-hybridized carbons (Fsp3) is 0.458. The molecule has 1 aromatic heterocycles. The Labute approximate surface area is 182 Å². The largest absolute Gasteiger partial charge is 0.376 e. The average Bonchev–Trinajstić information content (AvgIpc) is 3.53. The first kappa shape index (κ1) is 21.1. The molecule has 0 spiro atoms. The van der Waals surface area contributed by atoms with Crippen LogP contribution in [0.4, 0.5) is 0 Å². The number of nitrogens with one attached hydrogen (secondary N) is 2. The van der Waals surface area contributed by atoms with Crippen LogP contribution in [0.15, 0.2) is 36.0 Å². The van der Waals surface area contributed by atoms with Crippen LogP contribution in [0.5, 0.6) is 0 Å². The predicted molar refractivity (Wildman–Crippen MR) is 118 cm³/mol. The van der Waals surface area contributed by atoms with Crippen molar-refractivity contribution in [1.29, 1.82) is 5.26 Å². The zero-order valence-corrected chi connectivity index (χ0v) is 17.6. The summed E-state index contributed by atoms with van der Waals surface area (Å²) in [6, 6.07) is 9.88. The molecule has 1 aliphatic heterocycles. The van der Waals surface area contributed by atoms with Gasteiger partial charge in [-0.15, -0.1) is 0 Å². The van der Waals surface area contributed by atoms with Crippen LogP contribution < -0.4 is 10.6 Å². The van der Waals surface area contributed by atoms with Crippen LogP contribution in [0.25, 0.3) is 17.0 Å². The van der Waals surface area contributed by atoms with Gasteiger partial charge >= 0.3 is 0 Å². The summed E-state index contributed by atoms with van der Waals surface area (Å²) in [5.41, 5.74) is 1.72. The number of rotatable bonds is 7. The zero-order valence-electron chi connectivity index (χ0n) is 17.6. The van der Waals surface area contributed by atoms with Gasteiger partial charge in [-0.3, -0.25) is 9.59 Å². The minimum absolute atomic E-state index is 0.0811. The van der Waals surface area contributed by atoms with Crippen molar-refractivity contribution >= 4 is 28.8 Å². The van der Waals surface area contributed by atoms with Crippen LogP contribution in [0.2, 0.25) is 0 Å². The van der Waals surface area contributed by atoms with Crippen molar-refractivity contribution in [3.8, 4) is 6.07 Å². The van der Waals surface area contributed by atoms with Gasteiger partial charge in [0.05, 0.1) is 6.10 Å². The second kappa shape index (κ2) is 9.80. The minimum atomic E-state index is -0.333. The van der Waals surface area contributed by atoms with Gasteiger partial charge in [0.1, 0.15) is 18.2 Å². The molecule has 7 nitrogen and oxygen atoms in total. The number of nitrogens with zero attached hydrogens (tertiary/aromatic N) is 2. The molecule has 31 heavy (non-hydrogen) atoms. The van der Waals surface area contributed by atoms with Crippen LogP contribution in [-0.4, -0.2) is 41.7 Å². The van der Waals surface area contributed by atoms with E-state index < -0.39 is 0 Å². The third-order valence-electron chi connectivity index (χ3n) is 6.04. The summed E-state index contributed by atoms with van der Waals surface area (Å²) in [6.45, 7) is 1.44. The molecule has 0 bridgehead atoms. The molecule has 1 saturated carbocycles. The minimum Gasteiger partial charge on any atom is -0.376 e. The highest BCUT2D eigenvalue weighted by Crippen LogP contribution is 2.24. The lowest BCUT2D eigenvalue weighted by Gasteiger charge is -2.11. The highest BCUT2D eigenvalue weighted by molar-refractivity contribution is 6.04. The Morgan fingerprint density at radius 2 is 2.00 bits per heavy atom. The number of amides is 2. The highest BCUT2D eigenvalue weighted by Gasteiger charge is 2.20. The zero-order chi connectivity index (χ0) is 21.6. The van der Waals surface area contributed by atoms with Crippen molar-refractivity contribution in [3.63, 3.8) is 0 Å². The number of para-hydroxylation sites is 1. The third kappa shape index (κ3) is 5.15. The fourth-order valence-corrected chi connectivity index (χ4v) is 4.40. The molecule has 1 atom stereocenters. The van der Waals surface area contributed by atoms with E-state index in [1.807, 2.05) is 41.1 Å². The molecule has 1 unspecified atom stereocenters. The smallest absolute Gasteiger partial charge is 0.262 e. The summed E-state index contributed by atoms with van der Waals surface area (Å²) in [5, 5.41) is 16.4. The summed E-state index contributed by atoms with van der Waals surface area (Å²) >= 11 is 0. The van der Waals surface area contributed by atoms with Gasteiger partial charge in [0.15, 0.2) is 0 Å². The van der Waals surface area contributed by atoms with E-state index in [9.17, 15) is 14.9 Å². The molecular formula is C24H28N4O3. The van der Waals surface area contributed by atoms with E-state index in [2.05, 4.69) is 10.6 Å². The topological polar surface area (TPSA) is 96.2 Å². The number of benzene rings is 1. The SMILES string of the molecule is N#C/C(=C\c1cn(CC(=O)NCC2CCCO2)c2ccccc12)C(=O)NC1CCCC1. The quantitative estimate of drug-likeness (QED) is 0.532. The van der Waals surface area contributed by atoms with Crippen LogP contribution in [0, 0.1) is 11.3 Å². The van der Waals surface area contributed by atoms with Crippen molar-refractivity contribution in [2.75, 3.05) is 13.2 Å². The Bertz CT molecular complexity index is 1020. The lowest BCUT2D eigenvalue weighted by Crippen LogP contribution is -2.34. The first-order valence-corrected chi connectivity index (χ1v) is 11.0. The number of nitriles is 1. The van der Waals surface area contributed by atoms with Crippen molar-refractivity contribution < 1.29 is 14.3 Å². The van der Waals surface area contributed by atoms with Crippen LogP contribution >= 0.6 is 0 Å². The molecule has 1 aliphatic carbocycles. The number of hydrogen-bond donors (Lipinski definition) is 2. The van der Waals surface area contributed by atoms with Gasteiger partial charge in [0.2, 0.25) is 5.91 Å². The Balaban J connectivity index is 1.51. The highest BCUT2D eigenvalue weighted by atomic mass is 16.5. The molecule has 0 radical (unpaired) electrons. The number of hydrogen-bond acceptors (Lipinski definition) is 4. The second-order valence-electron chi connectivity index (χ2n) is 8.29. The van der Waals surface area contributed by atoms with Gasteiger partial charge < -0.3 is 19.9 Å². The summed E-state index contributed by atoms with van der Waals surface area (Å²) < 4.78 is 7.41. The number of carbonyl (C=O) groups excluding carboxylic acids is 2. The molecule has 2 aliphatic rings. The Morgan fingerprint density at radius 3 is 2.74 bits per heavy atom. The van der Waals surface area contributed by atoms with Crippen molar-refractivity contribution in [1.82, 2.24) is 15.2 Å². The van der Waals surface area contributed by atoms with Gasteiger partial charge in [0.25, 0.3) is 5.91 Å². The maximum atomic E-state index is 12.6. The van der Waals surface area contributed by atoms with Crippen molar-refractivity contribution in [3.05, 3.63) is 41.6 Å². The van der Waals surface area contributed by atoms with Gasteiger partial charge in [0, 0.05) is 41.9 Å². The van der Waals surface area contributed by atoms with E-state index in [0.29, 0.717) is 6.54 Å². The summed E-state index contributed by atoms with van der Waals surface area (Å²) in [7, 11) is 0. The Morgan fingerprint density at radius 1 is 1.19 bits per heavy atom. The Kier molecular flexibility index (Phi) is 6.68. The monoisotopic (exact) mass is 420 g/mol. The standard InChI is InChI=1S/C24H28N4O3/c25-13-17(24(30)27-19-6-1-2-7-19)12-18-15-28(22-10-4-3-9-21(18)22)16-23(29)26-14-20-8-5-11-31-20/h3-4,9-10,12,15,19-20H,1-2,5-8,11,14,16H2,(H,26,29)(H,27,30)/b17-12+. The average molecular weight is 421 g/mol. The molecule has 4 rings (SSSR count). The molecule has 2 fully saturated rings. The molecule has 162 valence electrons. The number of carbonyl (C=O) groups is 2. The van der Waals surface area contributed by atoms with Crippen LogP contribution in [-0.2, 0) is 20.9 Å². The fourth-order valence-electron chi connectivity index (χ4n) is 4.40. The van der Waals surface area contributed by atoms with Gasteiger partial charge in [-0.1, -0.05) is 31.0 Å². The molecule has 2 N–H and O–H groups in total. The van der Waals surface area contributed by atoms with E-state index >= 15 is 0 Å². The van der Waals surface area contributed by atoms with E-state index in [0.717, 1.165) is 61.6 Å². The van der Waals surface area contributed by atoms with Gasteiger partial charge in [-0.2, -0.15) is 5.26 Å². The number of fused-ring (bicyclic) bond motifs is 1. The van der Waals surface area contributed by atoms with E-state index in [-0.39, 0.29) is 36.1 Å². The molecule has 7 heteroatoms. The van der Waals surface area contributed by atoms with Crippen molar-refractivity contribution in [2.24, 2.45) is 0 Å². The molecule has 2 amide bonds. The lowest BCUT2D eigenvalue weighted by molar-refractivity contribution is -0.122. The molecule has 1 saturated heterocycles. The molecule has 2 aromatic rings. The summed E-state index contributed by atoms with van der Waals surface area (Å²) in [5.74, 6) is -0.424. The van der Waals surface area contributed by atoms with E-state index in [1.54, 1.807) is 6.08 Å². The molecule has 2 heterocycles. The number of aromatic nitrogens is 1. The Hall–Kier alpha value is -3.11. The maximum absolute atomic E-state index is 12.6. The normalized spacial score (nSPS) is 19.5. The lowest BCUT2D eigenvalue weighted by atomic mass is 10.1. The maximum Gasteiger partial charge on any atom is 0.262 e. The summed E-state index contributed by atoms with van der Waals surface area (Å²) in [6.07, 6.45) is 9.70. The van der Waals surface area contributed by atoms with E-state index in [1.165, 1.54) is 0 Å². The van der Waals surface area contributed by atoms with Gasteiger partial charge in [-0.25, -0.2) is 0 Å². The van der Waals surface area contributed by atoms with Crippen molar-refractivity contribution in [2.45, 2.75) is 57.2 Å². The third-order valence-corrected chi connectivity index (χ3v) is 6.04. The first-order valence-electron chi connectivity index (χ1n) is 11.0. The van der Waals surface area contributed by atoms with Crippen LogP contribution in [0.3, 0.4) is 0 Å². The number of ether oxygens (including phenoxy) is 1. The van der Waals surface area contributed by atoms with E-state index in [4.69, 9.17) is 4.74 Å². The molecule has 1 aromatic carbocycles. The second-order valence-corrected chi connectivity index (χ2v) is 8.29. The summed E-state index contributed by atoms with van der Waals surface area (Å²) in [4.78, 5) is 25.1. The predicted octanol–water partition coefficient (Wildman–Crippen LogP) is 2.90. The van der Waals surface area contributed by atoms with Gasteiger partial charge in [-0.05, 0) is 37.8 Å².